The predicted molar refractivity (Wildman–Crippen MR) is 135 cm³/mol. The quantitative estimate of drug-likeness (QED) is 0.412. The molecule has 1 aromatic heterocycles. The van der Waals surface area contributed by atoms with Crippen molar-refractivity contribution in [2.45, 2.75) is 37.6 Å². The highest BCUT2D eigenvalue weighted by Crippen LogP contribution is 2.32. The van der Waals surface area contributed by atoms with Crippen LogP contribution in [0.2, 0.25) is 0 Å². The van der Waals surface area contributed by atoms with Crippen molar-refractivity contribution in [3.05, 3.63) is 68.5 Å². The first kappa shape index (κ1) is 27.8. The largest absolute Gasteiger partial charge is 0.468 e. The van der Waals surface area contributed by atoms with E-state index >= 15 is 0 Å². The van der Waals surface area contributed by atoms with Gasteiger partial charge in [-0.2, -0.15) is 13.2 Å². The van der Waals surface area contributed by atoms with Gasteiger partial charge in [0.2, 0.25) is 0 Å². The van der Waals surface area contributed by atoms with Gasteiger partial charge in [-0.25, -0.2) is 4.79 Å². The Balaban J connectivity index is 1.36. The van der Waals surface area contributed by atoms with Crippen molar-refractivity contribution < 1.29 is 27.4 Å². The number of halogens is 3. The molecule has 0 spiro atoms. The summed E-state index contributed by atoms with van der Waals surface area (Å²) in [7, 11) is 0. The molecule has 2 fully saturated rings. The third-order valence-electron chi connectivity index (χ3n) is 6.40. The second-order valence-corrected chi connectivity index (χ2v) is 9.30. The van der Waals surface area contributed by atoms with E-state index in [0.29, 0.717) is 23.9 Å². The van der Waals surface area contributed by atoms with Crippen molar-refractivity contribution in [3.8, 4) is 12.3 Å². The fourth-order valence-electron chi connectivity index (χ4n) is 4.43. The molecule has 0 amide bonds. The van der Waals surface area contributed by atoms with Crippen LogP contribution in [-0.2, 0) is 26.9 Å². The molecule has 1 aromatic carbocycles. The fourth-order valence-corrected chi connectivity index (χ4v) is 4.68. The fraction of sp³-hybridized carbons (Fsp3) is 0.480. The monoisotopic (exact) mass is 552 g/mol. The molecule has 204 valence electrons. The van der Waals surface area contributed by atoms with E-state index in [9.17, 15) is 22.8 Å². The SMILES string of the molecule is C#CCO[C@H]1C[C@H](n2cc(C(F)(F)F)c(=O)[nH]c2=O)O[C@@H]1COC(=S)N1CCN(Cc2ccccc2)CC1. The third-order valence-corrected chi connectivity index (χ3v) is 6.77. The Hall–Kier alpha value is -3.18. The van der Waals surface area contributed by atoms with Crippen LogP contribution in [0.3, 0.4) is 0 Å². The minimum Gasteiger partial charge on any atom is -0.468 e. The summed E-state index contributed by atoms with van der Waals surface area (Å²) >= 11 is 5.46. The molecule has 2 aromatic rings. The number of terminal acetylenes is 1. The standard InChI is InChI=1S/C25H27F3N4O5S/c1-2-12-35-19-13-21(32-15-18(25(26,27)28)22(33)29-23(32)34)37-20(19)16-36-24(38)31-10-8-30(9-11-31)14-17-6-4-3-5-7-17/h1,3-7,15,19-21H,8-14,16H2,(H,29,33,34)/t19-,20+,21+/m0/s1. The number of benzene rings is 1. The van der Waals surface area contributed by atoms with Crippen molar-refractivity contribution in [1.82, 2.24) is 19.4 Å². The summed E-state index contributed by atoms with van der Waals surface area (Å²) in [6, 6.07) is 10.2. The van der Waals surface area contributed by atoms with Gasteiger partial charge in [-0.05, 0) is 17.8 Å². The lowest BCUT2D eigenvalue weighted by Gasteiger charge is -2.35. The van der Waals surface area contributed by atoms with Gasteiger partial charge >= 0.3 is 11.9 Å². The molecule has 13 heteroatoms. The van der Waals surface area contributed by atoms with Crippen LogP contribution in [0.15, 0.2) is 46.1 Å². The lowest BCUT2D eigenvalue weighted by atomic mass is 10.2. The highest BCUT2D eigenvalue weighted by atomic mass is 32.1. The van der Waals surface area contributed by atoms with Gasteiger partial charge in [0.15, 0.2) is 0 Å². The Morgan fingerprint density at radius 2 is 1.89 bits per heavy atom. The topological polar surface area (TPSA) is 89.0 Å². The second-order valence-electron chi connectivity index (χ2n) is 8.95. The highest BCUT2D eigenvalue weighted by molar-refractivity contribution is 7.80. The maximum absolute atomic E-state index is 13.2. The van der Waals surface area contributed by atoms with Crippen LogP contribution in [0.4, 0.5) is 13.2 Å². The molecule has 1 N–H and O–H groups in total. The van der Waals surface area contributed by atoms with Crippen LogP contribution < -0.4 is 11.2 Å². The molecule has 2 saturated heterocycles. The number of aromatic nitrogens is 2. The molecule has 0 saturated carbocycles. The van der Waals surface area contributed by atoms with E-state index in [4.69, 9.17) is 32.9 Å². The molecule has 4 rings (SSSR count). The van der Waals surface area contributed by atoms with Crippen LogP contribution in [0.5, 0.6) is 0 Å². The summed E-state index contributed by atoms with van der Waals surface area (Å²) < 4.78 is 57.6. The van der Waals surface area contributed by atoms with Gasteiger partial charge in [0.05, 0.1) is 6.10 Å². The Bertz CT molecular complexity index is 1270. The minimum atomic E-state index is -4.94. The summed E-state index contributed by atoms with van der Waals surface area (Å²) in [5.74, 6) is 2.33. The average molecular weight is 553 g/mol. The molecular weight excluding hydrogens is 525 g/mol. The van der Waals surface area contributed by atoms with Gasteiger partial charge in [-0.15, -0.1) is 6.42 Å². The Morgan fingerprint density at radius 3 is 2.55 bits per heavy atom. The van der Waals surface area contributed by atoms with Crippen molar-refractivity contribution >= 4 is 17.4 Å². The number of piperazine rings is 1. The summed E-state index contributed by atoms with van der Waals surface area (Å²) in [5, 5.41) is 0.271. The van der Waals surface area contributed by atoms with E-state index < -0.39 is 41.4 Å². The molecule has 0 bridgehead atoms. The number of alkyl halides is 3. The minimum absolute atomic E-state index is 0.0177. The van der Waals surface area contributed by atoms with Crippen LogP contribution in [-0.4, -0.2) is 76.1 Å². The lowest BCUT2D eigenvalue weighted by molar-refractivity contribution is -0.139. The summed E-state index contributed by atoms with van der Waals surface area (Å²) in [5.41, 5.74) is -2.83. The van der Waals surface area contributed by atoms with Crippen LogP contribution in [0.25, 0.3) is 0 Å². The number of thiocarbonyl (C=S) groups is 1. The van der Waals surface area contributed by atoms with Crippen molar-refractivity contribution in [3.63, 3.8) is 0 Å². The molecule has 9 nitrogen and oxygen atoms in total. The Kier molecular flexibility index (Phi) is 8.88. The van der Waals surface area contributed by atoms with Crippen LogP contribution >= 0.6 is 12.2 Å². The number of H-pyrrole nitrogens is 1. The molecule has 0 radical (unpaired) electrons. The van der Waals surface area contributed by atoms with Gasteiger partial charge in [0.25, 0.3) is 10.7 Å². The smallest absolute Gasteiger partial charge is 0.423 e. The zero-order valence-electron chi connectivity index (χ0n) is 20.4. The maximum atomic E-state index is 13.2. The average Bonchev–Trinajstić information content (AvgIpc) is 3.29. The Morgan fingerprint density at radius 1 is 1.18 bits per heavy atom. The van der Waals surface area contributed by atoms with Gasteiger partial charge in [0, 0.05) is 45.3 Å². The molecule has 38 heavy (non-hydrogen) atoms. The van der Waals surface area contributed by atoms with Gasteiger partial charge < -0.3 is 19.1 Å². The molecular formula is C25H27F3N4O5S. The van der Waals surface area contributed by atoms with Gasteiger partial charge in [-0.1, -0.05) is 36.3 Å². The number of nitrogens with zero attached hydrogens (tertiary/aromatic N) is 3. The zero-order chi connectivity index (χ0) is 27.3. The first-order valence-electron chi connectivity index (χ1n) is 12.0. The van der Waals surface area contributed by atoms with E-state index in [0.717, 1.165) is 19.6 Å². The second kappa shape index (κ2) is 12.1. The van der Waals surface area contributed by atoms with E-state index in [-0.39, 0.29) is 24.8 Å². The Labute approximate surface area is 222 Å². The number of nitrogens with one attached hydrogen (secondary N) is 1. The van der Waals surface area contributed by atoms with Gasteiger partial charge in [0.1, 0.15) is 31.1 Å². The molecule has 2 aliphatic heterocycles. The molecule has 2 aliphatic rings. The molecule has 0 unspecified atom stereocenters. The highest BCUT2D eigenvalue weighted by Gasteiger charge is 2.40. The lowest BCUT2D eigenvalue weighted by Crippen LogP contribution is -2.48. The molecule has 3 atom stereocenters. The summed E-state index contributed by atoms with van der Waals surface area (Å²) in [4.78, 5) is 29.9. The van der Waals surface area contributed by atoms with Crippen molar-refractivity contribution in [2.75, 3.05) is 39.4 Å². The first-order valence-corrected chi connectivity index (χ1v) is 12.4. The first-order chi connectivity index (χ1) is 18.2. The summed E-state index contributed by atoms with van der Waals surface area (Å²) in [6.45, 7) is 3.65. The van der Waals surface area contributed by atoms with E-state index in [1.807, 2.05) is 23.1 Å². The van der Waals surface area contributed by atoms with E-state index in [2.05, 4.69) is 23.0 Å². The number of aromatic amines is 1. The van der Waals surface area contributed by atoms with E-state index in [1.165, 1.54) is 5.56 Å². The molecule has 3 heterocycles. The molecule has 0 aliphatic carbocycles. The summed E-state index contributed by atoms with van der Waals surface area (Å²) in [6.07, 6.45) is -1.76. The number of hydrogen-bond donors (Lipinski definition) is 1. The third kappa shape index (κ3) is 6.82. The maximum Gasteiger partial charge on any atom is 0.423 e. The zero-order valence-corrected chi connectivity index (χ0v) is 21.2. The van der Waals surface area contributed by atoms with Crippen LogP contribution in [0, 0.1) is 12.3 Å². The number of ether oxygens (including phenoxy) is 3. The normalized spacial score (nSPS) is 22.3. The van der Waals surface area contributed by atoms with Gasteiger partial charge in [-0.3, -0.25) is 19.2 Å². The van der Waals surface area contributed by atoms with E-state index in [1.54, 1.807) is 4.98 Å². The number of rotatable bonds is 7. The van der Waals surface area contributed by atoms with Crippen molar-refractivity contribution in [2.24, 2.45) is 0 Å². The van der Waals surface area contributed by atoms with Crippen LogP contribution in [0.1, 0.15) is 23.8 Å². The number of hydrogen-bond acceptors (Lipinski definition) is 7. The predicted octanol–water partition coefficient (Wildman–Crippen LogP) is 1.98. The van der Waals surface area contributed by atoms with Crippen molar-refractivity contribution in [1.29, 1.82) is 0 Å².